The average molecular weight is 266 g/mol. The molecule has 0 aliphatic heterocycles. The van der Waals surface area contributed by atoms with E-state index >= 15 is 0 Å². The Labute approximate surface area is 121 Å². The maximum absolute atomic E-state index is 12.6. The predicted octanol–water partition coefficient (Wildman–Crippen LogP) is 4.61. The molecule has 1 unspecified atom stereocenters. The fourth-order valence-corrected chi connectivity index (χ4v) is 2.76. The third-order valence-electron chi connectivity index (χ3n) is 3.99. The van der Waals surface area contributed by atoms with Gasteiger partial charge in [0.15, 0.2) is 0 Å². The summed E-state index contributed by atoms with van der Waals surface area (Å²) in [6.45, 7) is 6.25. The quantitative estimate of drug-likeness (QED) is 0.772. The largest absolute Gasteiger partial charge is 0.299 e. The van der Waals surface area contributed by atoms with E-state index in [2.05, 4.69) is 45.0 Å². The van der Waals surface area contributed by atoms with Crippen LogP contribution in [0.1, 0.15) is 41.5 Å². The minimum absolute atomic E-state index is 0.00945. The van der Waals surface area contributed by atoms with Crippen LogP contribution < -0.4 is 0 Å². The molecule has 2 rings (SSSR count). The van der Waals surface area contributed by atoms with Crippen molar-refractivity contribution in [2.24, 2.45) is 0 Å². The van der Waals surface area contributed by atoms with Gasteiger partial charge in [-0.05, 0) is 42.5 Å². The van der Waals surface area contributed by atoms with Gasteiger partial charge in [0.25, 0.3) is 0 Å². The highest BCUT2D eigenvalue weighted by atomic mass is 16.1. The van der Waals surface area contributed by atoms with Crippen molar-refractivity contribution in [1.29, 1.82) is 0 Å². The van der Waals surface area contributed by atoms with Crippen molar-refractivity contribution in [3.63, 3.8) is 0 Å². The summed E-state index contributed by atoms with van der Waals surface area (Å²) in [6, 6.07) is 16.3. The predicted molar refractivity (Wildman–Crippen MR) is 84.1 cm³/mol. The van der Waals surface area contributed by atoms with Gasteiger partial charge in [-0.2, -0.15) is 0 Å². The molecule has 1 heteroatoms. The molecule has 0 amide bonds. The summed E-state index contributed by atoms with van der Waals surface area (Å²) < 4.78 is 0. The van der Waals surface area contributed by atoms with Crippen molar-refractivity contribution in [3.05, 3.63) is 70.8 Å². The van der Waals surface area contributed by atoms with Gasteiger partial charge in [0.1, 0.15) is 5.78 Å². The first kappa shape index (κ1) is 14.5. The zero-order valence-corrected chi connectivity index (χ0v) is 12.5. The van der Waals surface area contributed by atoms with E-state index in [9.17, 15) is 4.79 Å². The second-order valence-corrected chi connectivity index (χ2v) is 5.38. The molecule has 0 bridgehead atoms. The third kappa shape index (κ3) is 3.16. The lowest BCUT2D eigenvalue weighted by Crippen LogP contribution is -2.15. The Morgan fingerprint density at radius 3 is 2.10 bits per heavy atom. The van der Waals surface area contributed by atoms with Gasteiger partial charge in [-0.3, -0.25) is 4.79 Å². The fourth-order valence-electron chi connectivity index (χ4n) is 2.76. The van der Waals surface area contributed by atoms with Gasteiger partial charge in [0, 0.05) is 12.3 Å². The second-order valence-electron chi connectivity index (χ2n) is 5.38. The molecule has 0 aromatic heterocycles. The molecule has 2 aromatic rings. The molecule has 0 radical (unpaired) electrons. The van der Waals surface area contributed by atoms with Crippen LogP contribution in [-0.2, 0) is 11.2 Å². The van der Waals surface area contributed by atoms with Gasteiger partial charge in [-0.25, -0.2) is 0 Å². The Balaban J connectivity index is 2.23. The maximum atomic E-state index is 12.6. The van der Waals surface area contributed by atoms with E-state index in [-0.39, 0.29) is 5.92 Å². The minimum Gasteiger partial charge on any atom is -0.299 e. The highest BCUT2D eigenvalue weighted by Crippen LogP contribution is 2.24. The molecule has 0 heterocycles. The monoisotopic (exact) mass is 266 g/mol. The Morgan fingerprint density at radius 2 is 1.55 bits per heavy atom. The van der Waals surface area contributed by atoms with Crippen LogP contribution in [0.25, 0.3) is 0 Å². The summed E-state index contributed by atoms with van der Waals surface area (Å²) in [5.41, 5.74) is 4.74. The number of rotatable bonds is 5. The molecule has 1 atom stereocenters. The van der Waals surface area contributed by atoms with E-state index in [4.69, 9.17) is 0 Å². The van der Waals surface area contributed by atoms with E-state index in [0.717, 1.165) is 12.0 Å². The standard InChI is InChI=1S/C19H22O/c1-4-17(16-11-6-5-7-12-16)19(20)13-18-14(2)9-8-10-15(18)3/h5-12,17H,4,13H2,1-3H3. The number of benzene rings is 2. The van der Waals surface area contributed by atoms with Gasteiger partial charge >= 0.3 is 0 Å². The molecule has 1 nitrogen and oxygen atoms in total. The zero-order chi connectivity index (χ0) is 14.5. The lowest BCUT2D eigenvalue weighted by molar-refractivity contribution is -0.119. The van der Waals surface area contributed by atoms with E-state index in [0.29, 0.717) is 12.2 Å². The first-order valence-corrected chi connectivity index (χ1v) is 7.26. The summed E-state index contributed by atoms with van der Waals surface area (Å²) in [5, 5.41) is 0. The third-order valence-corrected chi connectivity index (χ3v) is 3.99. The summed E-state index contributed by atoms with van der Waals surface area (Å²) in [7, 11) is 0. The maximum Gasteiger partial charge on any atom is 0.144 e. The summed E-state index contributed by atoms with van der Waals surface area (Å²) in [6.07, 6.45) is 1.39. The zero-order valence-electron chi connectivity index (χ0n) is 12.5. The van der Waals surface area contributed by atoms with Crippen molar-refractivity contribution in [3.8, 4) is 0 Å². The molecule has 0 saturated heterocycles. The van der Waals surface area contributed by atoms with Crippen molar-refractivity contribution >= 4 is 5.78 Å². The Hall–Kier alpha value is -1.89. The van der Waals surface area contributed by atoms with E-state index in [1.807, 2.05) is 24.3 Å². The number of carbonyl (C=O) groups is 1. The topological polar surface area (TPSA) is 17.1 Å². The highest BCUT2D eigenvalue weighted by Gasteiger charge is 2.19. The van der Waals surface area contributed by atoms with E-state index in [1.165, 1.54) is 16.7 Å². The molecule has 104 valence electrons. The van der Waals surface area contributed by atoms with Gasteiger partial charge in [-0.1, -0.05) is 55.5 Å². The van der Waals surface area contributed by atoms with Crippen molar-refractivity contribution in [2.75, 3.05) is 0 Å². The fraction of sp³-hybridized carbons (Fsp3) is 0.316. The van der Waals surface area contributed by atoms with Crippen LogP contribution in [0.4, 0.5) is 0 Å². The van der Waals surface area contributed by atoms with Crippen molar-refractivity contribution < 1.29 is 4.79 Å². The number of hydrogen-bond donors (Lipinski definition) is 0. The molecule has 0 aliphatic carbocycles. The SMILES string of the molecule is CCC(C(=O)Cc1c(C)cccc1C)c1ccccc1. The number of hydrogen-bond acceptors (Lipinski definition) is 1. The minimum atomic E-state index is 0.00945. The molecule has 0 fully saturated rings. The molecule has 0 aliphatic rings. The molecule has 0 saturated carbocycles. The molecular weight excluding hydrogens is 244 g/mol. The Bertz CT molecular complexity index is 564. The van der Waals surface area contributed by atoms with Gasteiger partial charge < -0.3 is 0 Å². The Kier molecular flexibility index (Phi) is 4.73. The summed E-state index contributed by atoms with van der Waals surface area (Å²) >= 11 is 0. The molecular formula is C19H22O. The molecule has 0 spiro atoms. The first-order valence-electron chi connectivity index (χ1n) is 7.26. The molecule has 2 aromatic carbocycles. The van der Waals surface area contributed by atoms with Crippen LogP contribution in [-0.4, -0.2) is 5.78 Å². The van der Waals surface area contributed by atoms with Gasteiger partial charge in [0.05, 0.1) is 0 Å². The van der Waals surface area contributed by atoms with Gasteiger partial charge in [0.2, 0.25) is 0 Å². The van der Waals surface area contributed by atoms with Crippen LogP contribution in [0.3, 0.4) is 0 Å². The molecule has 0 N–H and O–H groups in total. The van der Waals surface area contributed by atoms with E-state index in [1.54, 1.807) is 0 Å². The second kappa shape index (κ2) is 6.51. The van der Waals surface area contributed by atoms with Crippen LogP contribution in [0.15, 0.2) is 48.5 Å². The van der Waals surface area contributed by atoms with Gasteiger partial charge in [-0.15, -0.1) is 0 Å². The van der Waals surface area contributed by atoms with Crippen LogP contribution in [0.2, 0.25) is 0 Å². The van der Waals surface area contributed by atoms with Crippen molar-refractivity contribution in [2.45, 2.75) is 39.5 Å². The first-order chi connectivity index (χ1) is 9.63. The number of carbonyl (C=O) groups excluding carboxylic acids is 1. The smallest absolute Gasteiger partial charge is 0.144 e. The molecule has 20 heavy (non-hydrogen) atoms. The average Bonchev–Trinajstić information content (AvgIpc) is 2.45. The summed E-state index contributed by atoms with van der Waals surface area (Å²) in [4.78, 5) is 12.6. The lowest BCUT2D eigenvalue weighted by Gasteiger charge is -2.16. The van der Waals surface area contributed by atoms with E-state index < -0.39 is 0 Å². The number of ketones is 1. The number of aryl methyl sites for hydroxylation is 2. The normalized spacial score (nSPS) is 12.2. The highest BCUT2D eigenvalue weighted by molar-refractivity contribution is 5.88. The lowest BCUT2D eigenvalue weighted by atomic mass is 9.87. The van der Waals surface area contributed by atoms with Crippen molar-refractivity contribution in [1.82, 2.24) is 0 Å². The van der Waals surface area contributed by atoms with Crippen LogP contribution in [0, 0.1) is 13.8 Å². The summed E-state index contributed by atoms with van der Waals surface area (Å²) in [5.74, 6) is 0.325. The number of Topliss-reactive ketones (excluding diaryl/α,β-unsaturated/α-hetero) is 1. The van der Waals surface area contributed by atoms with Crippen LogP contribution >= 0.6 is 0 Å². The van der Waals surface area contributed by atoms with Crippen LogP contribution in [0.5, 0.6) is 0 Å². The Morgan fingerprint density at radius 1 is 0.950 bits per heavy atom.